The molecule has 0 saturated carbocycles. The Hall–Kier alpha value is -0.630. The van der Waals surface area contributed by atoms with Crippen LogP contribution in [0.5, 0.6) is 0 Å². The summed E-state index contributed by atoms with van der Waals surface area (Å²) in [6.45, 7) is 5.06. The number of anilines is 1. The van der Waals surface area contributed by atoms with Crippen molar-refractivity contribution in [2.24, 2.45) is 0 Å². The molecule has 3 nitrogen and oxygen atoms in total. The van der Waals surface area contributed by atoms with E-state index in [9.17, 15) is 13.2 Å². The average Bonchev–Trinajstić information content (AvgIpc) is 2.44. The highest BCUT2D eigenvalue weighted by Crippen LogP contribution is 2.38. The Morgan fingerprint density at radius 2 is 1.86 bits per heavy atom. The molecular weight excluding hydrogens is 337 g/mol. The van der Waals surface area contributed by atoms with Gasteiger partial charge in [-0.1, -0.05) is 6.07 Å². The quantitative estimate of drug-likeness (QED) is 0.750. The van der Waals surface area contributed by atoms with Crippen LogP contribution in [0.3, 0.4) is 0 Å². The Kier molecular flexibility index (Phi) is 7.82. The van der Waals surface area contributed by atoms with Crippen LogP contribution in [-0.2, 0) is 4.74 Å². The number of benzene rings is 1. The number of halogens is 4. The molecule has 1 aliphatic rings. The fraction of sp³-hybridized carbons (Fsp3) is 0.571. The molecule has 1 aliphatic heterocycles. The van der Waals surface area contributed by atoms with Crippen LogP contribution in [0, 0.1) is 0 Å². The molecule has 1 aromatic carbocycles. The Morgan fingerprint density at radius 3 is 2.45 bits per heavy atom. The lowest BCUT2D eigenvalue weighted by Gasteiger charge is -2.36. The maximum atomic E-state index is 12.4. The van der Waals surface area contributed by atoms with Crippen molar-refractivity contribution in [1.82, 2.24) is 4.90 Å². The highest BCUT2D eigenvalue weighted by molar-refractivity contribution is 8.00. The van der Waals surface area contributed by atoms with E-state index in [-0.39, 0.29) is 29.1 Å². The monoisotopic (exact) mass is 356 g/mol. The number of alkyl halides is 3. The first-order valence-electron chi connectivity index (χ1n) is 6.80. The Balaban J connectivity index is 0.00000242. The summed E-state index contributed by atoms with van der Waals surface area (Å²) >= 11 is -0.0631. The van der Waals surface area contributed by atoms with Crippen molar-refractivity contribution in [3.63, 3.8) is 0 Å². The zero-order valence-electron chi connectivity index (χ0n) is 12.3. The molecular formula is C14H20ClF3N2OS. The number of ether oxygens (including phenoxy) is 1. The van der Waals surface area contributed by atoms with E-state index in [1.54, 1.807) is 19.2 Å². The third-order valence-corrected chi connectivity index (χ3v) is 4.12. The number of hydrogen-bond acceptors (Lipinski definition) is 4. The highest BCUT2D eigenvalue weighted by Gasteiger charge is 2.29. The van der Waals surface area contributed by atoms with E-state index >= 15 is 0 Å². The highest BCUT2D eigenvalue weighted by atomic mass is 35.5. The van der Waals surface area contributed by atoms with E-state index in [0.29, 0.717) is 6.61 Å². The second-order valence-electron chi connectivity index (χ2n) is 4.87. The molecule has 1 heterocycles. The summed E-state index contributed by atoms with van der Waals surface area (Å²) in [5.41, 5.74) is -3.38. The van der Waals surface area contributed by atoms with Gasteiger partial charge in [0.25, 0.3) is 0 Å². The third-order valence-electron chi connectivity index (χ3n) is 3.40. The van der Waals surface area contributed by atoms with Gasteiger partial charge in [-0.25, -0.2) is 0 Å². The van der Waals surface area contributed by atoms with Crippen LogP contribution in [0.1, 0.15) is 0 Å². The van der Waals surface area contributed by atoms with E-state index in [1.165, 1.54) is 6.07 Å². The van der Waals surface area contributed by atoms with Gasteiger partial charge in [0, 0.05) is 50.4 Å². The van der Waals surface area contributed by atoms with Crippen molar-refractivity contribution >= 4 is 29.9 Å². The lowest BCUT2D eigenvalue weighted by Crippen LogP contribution is -2.47. The first-order chi connectivity index (χ1) is 9.98. The molecule has 1 saturated heterocycles. The van der Waals surface area contributed by atoms with Gasteiger partial charge in [-0.05, 0) is 30.0 Å². The van der Waals surface area contributed by atoms with Crippen molar-refractivity contribution in [3.8, 4) is 0 Å². The molecule has 0 amide bonds. The van der Waals surface area contributed by atoms with Crippen molar-refractivity contribution < 1.29 is 17.9 Å². The van der Waals surface area contributed by atoms with Gasteiger partial charge in [0.05, 0.1) is 6.61 Å². The zero-order valence-corrected chi connectivity index (χ0v) is 13.9. The number of rotatable bonds is 5. The molecule has 0 bridgehead atoms. The summed E-state index contributed by atoms with van der Waals surface area (Å²) in [5.74, 6) is 0. The van der Waals surface area contributed by atoms with E-state index in [2.05, 4.69) is 9.80 Å². The van der Waals surface area contributed by atoms with Crippen LogP contribution in [-0.4, -0.2) is 56.8 Å². The SMILES string of the molecule is COCCN1CCN(c2cccc(SC(F)(F)F)c2)CC1.Cl. The van der Waals surface area contributed by atoms with E-state index in [0.717, 1.165) is 38.4 Å². The minimum atomic E-state index is -4.24. The minimum absolute atomic E-state index is 0. The molecule has 1 aromatic rings. The van der Waals surface area contributed by atoms with Gasteiger partial charge in [0.1, 0.15) is 0 Å². The van der Waals surface area contributed by atoms with Crippen LogP contribution < -0.4 is 4.90 Å². The Labute approximate surface area is 139 Å². The third kappa shape index (κ3) is 6.24. The van der Waals surface area contributed by atoms with Gasteiger partial charge in [0.15, 0.2) is 0 Å². The molecule has 0 aliphatic carbocycles. The maximum absolute atomic E-state index is 12.4. The summed E-state index contributed by atoms with van der Waals surface area (Å²) in [6.07, 6.45) is 0. The average molecular weight is 357 g/mol. The first-order valence-corrected chi connectivity index (χ1v) is 7.61. The van der Waals surface area contributed by atoms with E-state index in [4.69, 9.17) is 4.74 Å². The predicted molar refractivity (Wildman–Crippen MR) is 86.1 cm³/mol. The zero-order chi connectivity index (χ0) is 15.3. The molecule has 0 aromatic heterocycles. The van der Waals surface area contributed by atoms with Crippen molar-refractivity contribution in [1.29, 1.82) is 0 Å². The minimum Gasteiger partial charge on any atom is -0.383 e. The summed E-state index contributed by atoms with van der Waals surface area (Å²) < 4.78 is 42.3. The molecule has 22 heavy (non-hydrogen) atoms. The molecule has 1 fully saturated rings. The number of piperazine rings is 1. The largest absolute Gasteiger partial charge is 0.446 e. The molecule has 0 radical (unpaired) electrons. The van der Waals surface area contributed by atoms with Gasteiger partial charge in [-0.15, -0.1) is 12.4 Å². The van der Waals surface area contributed by atoms with Crippen molar-refractivity contribution in [2.75, 3.05) is 51.3 Å². The second kappa shape index (κ2) is 8.86. The summed E-state index contributed by atoms with van der Waals surface area (Å²) in [7, 11) is 1.68. The number of methoxy groups -OCH3 is 1. The van der Waals surface area contributed by atoms with Gasteiger partial charge < -0.3 is 9.64 Å². The van der Waals surface area contributed by atoms with Crippen LogP contribution >= 0.6 is 24.2 Å². The topological polar surface area (TPSA) is 15.7 Å². The van der Waals surface area contributed by atoms with Crippen LogP contribution in [0.4, 0.5) is 18.9 Å². The smallest absolute Gasteiger partial charge is 0.383 e. The van der Waals surface area contributed by atoms with E-state index < -0.39 is 5.51 Å². The number of thioether (sulfide) groups is 1. The number of nitrogens with zero attached hydrogens (tertiary/aromatic N) is 2. The van der Waals surface area contributed by atoms with Crippen LogP contribution in [0.2, 0.25) is 0 Å². The van der Waals surface area contributed by atoms with Gasteiger partial charge in [-0.3, -0.25) is 4.90 Å². The summed E-state index contributed by atoms with van der Waals surface area (Å²) in [4.78, 5) is 4.67. The molecule has 0 N–H and O–H groups in total. The van der Waals surface area contributed by atoms with Crippen LogP contribution in [0.25, 0.3) is 0 Å². The van der Waals surface area contributed by atoms with Crippen molar-refractivity contribution in [3.05, 3.63) is 24.3 Å². The van der Waals surface area contributed by atoms with Gasteiger partial charge in [0.2, 0.25) is 0 Å². The van der Waals surface area contributed by atoms with Crippen LogP contribution in [0.15, 0.2) is 29.2 Å². The summed E-state index contributed by atoms with van der Waals surface area (Å²) in [6, 6.07) is 6.66. The Bertz CT molecular complexity index is 454. The summed E-state index contributed by atoms with van der Waals surface area (Å²) in [5, 5.41) is 0. The molecule has 0 atom stereocenters. The van der Waals surface area contributed by atoms with Gasteiger partial charge in [-0.2, -0.15) is 13.2 Å². The molecule has 0 spiro atoms. The normalized spacial score (nSPS) is 16.5. The first kappa shape index (κ1) is 19.4. The predicted octanol–water partition coefficient (Wildman–Crippen LogP) is 3.49. The van der Waals surface area contributed by atoms with E-state index in [1.807, 2.05) is 6.07 Å². The lowest BCUT2D eigenvalue weighted by atomic mass is 10.2. The lowest BCUT2D eigenvalue weighted by molar-refractivity contribution is -0.0328. The Morgan fingerprint density at radius 1 is 1.18 bits per heavy atom. The maximum Gasteiger partial charge on any atom is 0.446 e. The fourth-order valence-corrected chi connectivity index (χ4v) is 2.92. The molecule has 126 valence electrons. The van der Waals surface area contributed by atoms with Crippen molar-refractivity contribution in [2.45, 2.75) is 10.4 Å². The molecule has 8 heteroatoms. The fourth-order valence-electron chi connectivity index (χ4n) is 2.33. The second-order valence-corrected chi connectivity index (χ2v) is 6.01. The number of hydrogen-bond donors (Lipinski definition) is 0. The van der Waals surface area contributed by atoms with Gasteiger partial charge >= 0.3 is 5.51 Å². The molecule has 0 unspecified atom stereocenters. The molecule has 2 rings (SSSR count). The standard InChI is InChI=1S/C14H19F3N2OS.ClH/c1-20-10-9-18-5-7-19(8-6-18)12-3-2-4-13(11-12)21-14(15,16)17;/h2-4,11H,5-10H2,1H3;1H.